The number of carboxylic acid groups (broad SMARTS) is 1. The number of carbonyl (C=O) groups excluding carboxylic acids is 1. The minimum atomic E-state index is -1.95. The Morgan fingerprint density at radius 2 is 1.74 bits per heavy atom. The molecule has 0 bridgehead atoms. The van der Waals surface area contributed by atoms with Crippen LogP contribution in [-0.4, -0.2) is 151 Å². The normalized spacial score (nSPS) is 43.1. The molecular formula is C24H42N2O12S. The van der Waals surface area contributed by atoms with Crippen LogP contribution in [0.15, 0.2) is 0 Å². The van der Waals surface area contributed by atoms with E-state index in [4.69, 9.17) is 14.2 Å². The molecule has 0 spiro atoms. The van der Waals surface area contributed by atoms with Gasteiger partial charge in [-0.1, -0.05) is 13.3 Å². The minimum Gasteiger partial charge on any atom is -0.479 e. The van der Waals surface area contributed by atoms with E-state index in [1.807, 2.05) is 11.9 Å². The fourth-order valence-corrected chi connectivity index (χ4v) is 6.27. The van der Waals surface area contributed by atoms with Crippen molar-refractivity contribution in [2.24, 2.45) is 5.92 Å². The number of likely N-dealkylation sites (tertiary alicyclic amines) is 1. The molecule has 3 fully saturated rings. The molecule has 3 saturated heterocycles. The highest BCUT2D eigenvalue weighted by molar-refractivity contribution is 7.99. The number of thioether (sulfide) groups is 1. The lowest BCUT2D eigenvalue weighted by Gasteiger charge is -2.47. The van der Waals surface area contributed by atoms with Crippen LogP contribution in [0.1, 0.15) is 33.1 Å². The second kappa shape index (κ2) is 13.7. The molecule has 0 radical (unpaired) electrons. The first-order valence-corrected chi connectivity index (χ1v) is 14.4. The first-order valence-electron chi connectivity index (χ1n) is 13.1. The lowest BCUT2D eigenvalue weighted by atomic mass is 9.91. The van der Waals surface area contributed by atoms with Crippen molar-refractivity contribution >= 4 is 23.6 Å². The summed E-state index contributed by atoms with van der Waals surface area (Å²) < 4.78 is 16.7. The molecule has 0 aromatic rings. The van der Waals surface area contributed by atoms with Crippen LogP contribution in [0.3, 0.4) is 0 Å². The monoisotopic (exact) mass is 582 g/mol. The zero-order valence-electron chi connectivity index (χ0n) is 22.4. The van der Waals surface area contributed by atoms with Crippen molar-refractivity contribution in [3.63, 3.8) is 0 Å². The number of rotatable bonds is 10. The van der Waals surface area contributed by atoms with Crippen LogP contribution in [0.4, 0.5) is 0 Å². The molecule has 0 aromatic heterocycles. The van der Waals surface area contributed by atoms with Gasteiger partial charge in [-0.25, -0.2) is 4.79 Å². The van der Waals surface area contributed by atoms with Crippen molar-refractivity contribution in [3.05, 3.63) is 0 Å². The van der Waals surface area contributed by atoms with E-state index in [9.17, 15) is 45.3 Å². The third-order valence-corrected chi connectivity index (χ3v) is 8.59. The van der Waals surface area contributed by atoms with Gasteiger partial charge in [0.2, 0.25) is 5.91 Å². The molecule has 15 heteroatoms. The number of ether oxygens (including phenoxy) is 3. The molecule has 1 amide bonds. The Kier molecular flexibility index (Phi) is 11.4. The van der Waals surface area contributed by atoms with Crippen molar-refractivity contribution in [3.8, 4) is 0 Å². The van der Waals surface area contributed by atoms with Crippen LogP contribution in [-0.2, 0) is 23.8 Å². The molecule has 3 aliphatic heterocycles. The van der Waals surface area contributed by atoms with Gasteiger partial charge in [0.15, 0.2) is 12.4 Å². The van der Waals surface area contributed by atoms with E-state index in [2.05, 4.69) is 12.2 Å². The molecule has 0 saturated carbocycles. The van der Waals surface area contributed by atoms with E-state index in [-0.39, 0.29) is 5.91 Å². The Morgan fingerprint density at radius 1 is 1.08 bits per heavy atom. The van der Waals surface area contributed by atoms with E-state index in [1.54, 1.807) is 6.26 Å². The summed E-state index contributed by atoms with van der Waals surface area (Å²) >= 11 is 1.06. The largest absolute Gasteiger partial charge is 0.479 e. The van der Waals surface area contributed by atoms with Gasteiger partial charge in [-0.15, -0.1) is 11.8 Å². The van der Waals surface area contributed by atoms with Gasteiger partial charge in [-0.2, -0.15) is 0 Å². The minimum absolute atomic E-state index is 0.352. The fourth-order valence-electron chi connectivity index (χ4n) is 5.60. The van der Waals surface area contributed by atoms with Crippen LogP contribution in [0, 0.1) is 5.92 Å². The Balaban J connectivity index is 1.80. The number of amides is 1. The number of carbonyl (C=O) groups is 2. The Labute approximate surface area is 231 Å². The van der Waals surface area contributed by atoms with Crippen LogP contribution in [0.5, 0.6) is 0 Å². The molecule has 3 heterocycles. The molecule has 3 rings (SSSR count). The van der Waals surface area contributed by atoms with Gasteiger partial charge >= 0.3 is 5.97 Å². The third-order valence-electron chi connectivity index (χ3n) is 7.73. The average Bonchev–Trinajstić information content (AvgIpc) is 3.25. The molecule has 3 aliphatic rings. The summed E-state index contributed by atoms with van der Waals surface area (Å²) in [6.45, 7) is 4.25. The van der Waals surface area contributed by atoms with Crippen molar-refractivity contribution < 1.29 is 59.5 Å². The highest BCUT2D eigenvalue weighted by Gasteiger charge is 2.54. The molecule has 14 atom stereocenters. The maximum absolute atomic E-state index is 13.2. The SMILES string of the molecule is CCC[C@@H]1C[C@@H](C(=O)N[C@@H]([C@H]2O[C@H](SC)[C@H](O)[C@@H](OC3OC(C(=O)O)C(O)C(O)C3O)[C@H]2O)[C@@H](C)O)N(C)C1. The van der Waals surface area contributed by atoms with E-state index < -0.39 is 84.7 Å². The Morgan fingerprint density at radius 3 is 2.31 bits per heavy atom. The van der Waals surface area contributed by atoms with E-state index in [1.165, 1.54) is 6.92 Å². The standard InChI is InChI=1S/C24H42N2O12S/c1-5-6-10-7-11(26(3)8-10)21(33)25-12(9(2)27)18-16(31)19(17(32)24(38-18)39-4)36-23-15(30)13(28)14(29)20(37-23)22(34)35/h9-20,23-24,27-32H,5-8H2,1-4H3,(H,25,33)(H,34,35)/t9-,10-,11+,12-,13?,14?,15?,16+,17-,18-,19+,20?,23?,24-/m1/s1. The molecule has 39 heavy (non-hydrogen) atoms. The number of aliphatic hydroxyl groups is 6. The Hall–Kier alpha value is -1.11. The number of hydrogen-bond acceptors (Lipinski definition) is 13. The average molecular weight is 583 g/mol. The quantitative estimate of drug-likeness (QED) is 0.129. The van der Waals surface area contributed by atoms with E-state index in [0.29, 0.717) is 12.3 Å². The molecule has 5 unspecified atom stereocenters. The summed E-state index contributed by atoms with van der Waals surface area (Å²) in [7, 11) is 1.85. The Bertz CT molecular complexity index is 839. The number of likely N-dealkylation sites (N-methyl/N-ethyl adjacent to an activating group) is 1. The van der Waals surface area contributed by atoms with Crippen LogP contribution in [0.25, 0.3) is 0 Å². The number of aliphatic carboxylic acids is 1. The second-order valence-corrected chi connectivity index (χ2v) is 11.6. The van der Waals surface area contributed by atoms with Gasteiger partial charge in [-0.3, -0.25) is 9.69 Å². The fraction of sp³-hybridized carbons (Fsp3) is 0.917. The smallest absolute Gasteiger partial charge is 0.335 e. The van der Waals surface area contributed by atoms with Gasteiger partial charge in [0.25, 0.3) is 0 Å². The van der Waals surface area contributed by atoms with Crippen LogP contribution in [0.2, 0.25) is 0 Å². The number of carboxylic acids is 1. The molecule has 0 aromatic carbocycles. The topological polar surface area (TPSA) is 219 Å². The first-order chi connectivity index (χ1) is 18.3. The second-order valence-electron chi connectivity index (χ2n) is 10.6. The van der Waals surface area contributed by atoms with Crippen LogP contribution >= 0.6 is 11.8 Å². The van der Waals surface area contributed by atoms with Gasteiger partial charge in [0.05, 0.1) is 18.2 Å². The summed E-state index contributed by atoms with van der Waals surface area (Å²) in [5.41, 5.74) is -1.02. The molecular weight excluding hydrogens is 540 g/mol. The lowest BCUT2D eigenvalue weighted by Crippen LogP contribution is -2.68. The summed E-state index contributed by atoms with van der Waals surface area (Å²) in [5.74, 6) is -1.61. The van der Waals surface area contributed by atoms with Crippen molar-refractivity contribution in [2.45, 2.75) is 112 Å². The maximum Gasteiger partial charge on any atom is 0.335 e. The van der Waals surface area contributed by atoms with E-state index >= 15 is 0 Å². The summed E-state index contributed by atoms with van der Waals surface area (Å²) in [5, 5.41) is 75.2. The summed E-state index contributed by atoms with van der Waals surface area (Å²) in [6, 6.07) is -1.57. The summed E-state index contributed by atoms with van der Waals surface area (Å²) in [6.07, 6.45) is -12.6. The van der Waals surface area contributed by atoms with Gasteiger partial charge < -0.3 is 55.3 Å². The molecule has 0 aliphatic carbocycles. The van der Waals surface area contributed by atoms with Gasteiger partial charge in [-0.05, 0) is 39.0 Å². The predicted molar refractivity (Wildman–Crippen MR) is 136 cm³/mol. The van der Waals surface area contributed by atoms with Crippen LogP contribution < -0.4 is 5.32 Å². The molecule has 226 valence electrons. The highest BCUT2D eigenvalue weighted by atomic mass is 32.2. The van der Waals surface area contributed by atoms with Crippen molar-refractivity contribution in [2.75, 3.05) is 19.8 Å². The number of nitrogens with zero attached hydrogens (tertiary/aromatic N) is 1. The third kappa shape index (κ3) is 7.04. The first kappa shape index (κ1) is 32.4. The maximum atomic E-state index is 13.2. The molecule has 8 N–H and O–H groups in total. The van der Waals surface area contributed by atoms with E-state index in [0.717, 1.165) is 31.1 Å². The van der Waals surface area contributed by atoms with Gasteiger partial charge in [0.1, 0.15) is 48.2 Å². The van der Waals surface area contributed by atoms with Gasteiger partial charge in [0, 0.05) is 6.54 Å². The predicted octanol–water partition coefficient (Wildman–Crippen LogP) is -2.94. The highest BCUT2D eigenvalue weighted by Crippen LogP contribution is 2.34. The zero-order valence-corrected chi connectivity index (χ0v) is 23.3. The lowest BCUT2D eigenvalue weighted by molar-refractivity contribution is -0.332. The molecule has 14 nitrogen and oxygen atoms in total. The zero-order chi connectivity index (χ0) is 29.2. The number of nitrogens with one attached hydrogen (secondary N) is 1. The number of aliphatic hydroxyl groups excluding tert-OH is 6. The van der Waals surface area contributed by atoms with Crippen molar-refractivity contribution in [1.29, 1.82) is 0 Å². The summed E-state index contributed by atoms with van der Waals surface area (Å²) in [4.78, 5) is 26.6. The number of hydrogen-bond donors (Lipinski definition) is 8. The van der Waals surface area contributed by atoms with Crippen molar-refractivity contribution in [1.82, 2.24) is 10.2 Å².